The van der Waals surface area contributed by atoms with Crippen LogP contribution in [-0.4, -0.2) is 36.5 Å². The van der Waals surface area contributed by atoms with Crippen molar-refractivity contribution in [1.82, 2.24) is 10.2 Å². The van der Waals surface area contributed by atoms with Crippen molar-refractivity contribution in [2.45, 2.75) is 19.3 Å². The topological polar surface area (TPSA) is 101 Å². The van der Waals surface area contributed by atoms with Crippen molar-refractivity contribution in [3.63, 3.8) is 0 Å². The Balaban J connectivity index is 1.88. The van der Waals surface area contributed by atoms with Gasteiger partial charge in [0.1, 0.15) is 0 Å². The number of primary amides is 1. The summed E-state index contributed by atoms with van der Waals surface area (Å²) in [7, 11) is 0. The quantitative estimate of drug-likeness (QED) is 0.712. The number of carbonyl (C=O) groups is 2. The number of nitrogens with two attached hydrogens (primary N) is 2. The van der Waals surface area contributed by atoms with E-state index in [1.54, 1.807) is 6.07 Å². The second-order valence-electron chi connectivity index (χ2n) is 5.51. The van der Waals surface area contributed by atoms with Crippen LogP contribution in [0.2, 0.25) is 0 Å². The van der Waals surface area contributed by atoms with E-state index in [0.29, 0.717) is 25.2 Å². The van der Waals surface area contributed by atoms with Crippen molar-refractivity contribution < 1.29 is 9.59 Å². The van der Waals surface area contributed by atoms with Crippen LogP contribution in [-0.2, 0) is 11.2 Å². The number of urea groups is 1. The highest BCUT2D eigenvalue weighted by Gasteiger charge is 2.23. The molecule has 5 N–H and O–H groups in total. The summed E-state index contributed by atoms with van der Waals surface area (Å²) in [5.41, 5.74) is 12.4. The van der Waals surface area contributed by atoms with E-state index < -0.39 is 6.03 Å². The van der Waals surface area contributed by atoms with Crippen LogP contribution in [0.3, 0.4) is 0 Å². The standard InChI is InChI=1S/C15H22N4O2/c16-13-5-1-3-11(7-13)8-14(20)19-6-2-4-12(10-19)9-18-15(17)21/h1,3,5,7,12H,2,4,6,8-10,16H2,(H3,17,18,21). The Hall–Kier alpha value is -2.24. The average Bonchev–Trinajstić information content (AvgIpc) is 2.45. The first-order valence-electron chi connectivity index (χ1n) is 7.20. The second-order valence-corrected chi connectivity index (χ2v) is 5.51. The van der Waals surface area contributed by atoms with E-state index in [2.05, 4.69) is 5.32 Å². The summed E-state index contributed by atoms with van der Waals surface area (Å²) < 4.78 is 0. The largest absolute Gasteiger partial charge is 0.399 e. The molecule has 0 aliphatic carbocycles. The Labute approximate surface area is 124 Å². The van der Waals surface area contributed by atoms with Crippen LogP contribution in [0.25, 0.3) is 0 Å². The molecule has 0 saturated carbocycles. The minimum absolute atomic E-state index is 0.101. The maximum absolute atomic E-state index is 12.3. The highest BCUT2D eigenvalue weighted by atomic mass is 16.2. The number of hydrogen-bond donors (Lipinski definition) is 3. The third kappa shape index (κ3) is 4.66. The molecule has 0 radical (unpaired) electrons. The van der Waals surface area contributed by atoms with Gasteiger partial charge in [-0.05, 0) is 36.5 Å². The molecule has 21 heavy (non-hydrogen) atoms. The Morgan fingerprint density at radius 2 is 2.19 bits per heavy atom. The van der Waals surface area contributed by atoms with E-state index in [-0.39, 0.29) is 11.8 Å². The van der Waals surface area contributed by atoms with Crippen LogP contribution in [0.4, 0.5) is 10.5 Å². The molecule has 6 nitrogen and oxygen atoms in total. The number of nitrogens with zero attached hydrogens (tertiary/aromatic N) is 1. The lowest BCUT2D eigenvalue weighted by molar-refractivity contribution is -0.132. The third-order valence-corrected chi connectivity index (χ3v) is 3.74. The normalized spacial score (nSPS) is 18.3. The van der Waals surface area contributed by atoms with Crippen molar-refractivity contribution in [2.24, 2.45) is 11.7 Å². The predicted molar refractivity (Wildman–Crippen MR) is 81.4 cm³/mol. The van der Waals surface area contributed by atoms with E-state index in [1.807, 2.05) is 23.1 Å². The zero-order valence-corrected chi connectivity index (χ0v) is 12.0. The van der Waals surface area contributed by atoms with Crippen molar-refractivity contribution in [3.8, 4) is 0 Å². The molecular weight excluding hydrogens is 268 g/mol. The number of anilines is 1. The van der Waals surface area contributed by atoms with Crippen LogP contribution >= 0.6 is 0 Å². The molecule has 0 spiro atoms. The van der Waals surface area contributed by atoms with E-state index in [9.17, 15) is 9.59 Å². The van der Waals surface area contributed by atoms with Crippen LogP contribution in [0, 0.1) is 5.92 Å². The van der Waals surface area contributed by atoms with Gasteiger partial charge in [-0.15, -0.1) is 0 Å². The van der Waals surface area contributed by atoms with Gasteiger partial charge < -0.3 is 21.7 Å². The minimum atomic E-state index is -0.516. The van der Waals surface area contributed by atoms with E-state index in [1.165, 1.54) is 0 Å². The van der Waals surface area contributed by atoms with Gasteiger partial charge in [0, 0.05) is 25.3 Å². The van der Waals surface area contributed by atoms with E-state index in [4.69, 9.17) is 11.5 Å². The Kier molecular flexibility index (Phi) is 5.03. The highest BCUT2D eigenvalue weighted by molar-refractivity contribution is 5.79. The number of nitrogen functional groups attached to an aromatic ring is 1. The molecule has 1 saturated heterocycles. The fourth-order valence-corrected chi connectivity index (χ4v) is 2.69. The summed E-state index contributed by atoms with van der Waals surface area (Å²) >= 11 is 0. The van der Waals surface area contributed by atoms with Gasteiger partial charge in [-0.25, -0.2) is 4.79 Å². The molecule has 2 rings (SSSR count). The van der Waals surface area contributed by atoms with Gasteiger partial charge in [-0.3, -0.25) is 4.79 Å². The maximum atomic E-state index is 12.3. The number of carbonyl (C=O) groups excluding carboxylic acids is 2. The van der Waals surface area contributed by atoms with Gasteiger partial charge in [0.25, 0.3) is 0 Å². The predicted octanol–water partition coefficient (Wildman–Crippen LogP) is 0.718. The number of amides is 3. The molecule has 114 valence electrons. The first-order chi connectivity index (χ1) is 10.0. The summed E-state index contributed by atoms with van der Waals surface area (Å²) in [5.74, 6) is 0.375. The van der Waals surface area contributed by atoms with E-state index >= 15 is 0 Å². The zero-order chi connectivity index (χ0) is 15.2. The molecule has 6 heteroatoms. The second kappa shape index (κ2) is 6.97. The molecule has 0 aromatic heterocycles. The Morgan fingerprint density at radius 1 is 1.38 bits per heavy atom. The van der Waals surface area contributed by atoms with Gasteiger partial charge in [0.2, 0.25) is 5.91 Å². The SMILES string of the molecule is NC(=O)NCC1CCCN(C(=O)Cc2cccc(N)c2)C1. The lowest BCUT2D eigenvalue weighted by Gasteiger charge is -2.33. The molecule has 3 amide bonds. The monoisotopic (exact) mass is 290 g/mol. The van der Waals surface area contributed by atoms with Crippen LogP contribution in [0.15, 0.2) is 24.3 Å². The van der Waals surface area contributed by atoms with Crippen molar-refractivity contribution in [2.75, 3.05) is 25.4 Å². The number of nitrogens with one attached hydrogen (secondary N) is 1. The summed E-state index contributed by atoms with van der Waals surface area (Å²) in [6, 6.07) is 6.88. The van der Waals surface area contributed by atoms with Gasteiger partial charge >= 0.3 is 6.03 Å². The first-order valence-corrected chi connectivity index (χ1v) is 7.20. The van der Waals surface area contributed by atoms with Gasteiger partial charge in [-0.2, -0.15) is 0 Å². The van der Waals surface area contributed by atoms with Crippen LogP contribution in [0.5, 0.6) is 0 Å². The van der Waals surface area contributed by atoms with Crippen LogP contribution in [0.1, 0.15) is 18.4 Å². The molecule has 0 bridgehead atoms. The highest BCUT2D eigenvalue weighted by Crippen LogP contribution is 2.17. The van der Waals surface area contributed by atoms with Gasteiger partial charge in [0.15, 0.2) is 0 Å². The van der Waals surface area contributed by atoms with Crippen molar-refractivity contribution in [3.05, 3.63) is 29.8 Å². The van der Waals surface area contributed by atoms with Crippen molar-refractivity contribution in [1.29, 1.82) is 0 Å². The van der Waals surface area contributed by atoms with Gasteiger partial charge in [0.05, 0.1) is 6.42 Å². The lowest BCUT2D eigenvalue weighted by Crippen LogP contribution is -2.45. The smallest absolute Gasteiger partial charge is 0.312 e. The molecule has 1 aromatic rings. The summed E-state index contributed by atoms with van der Waals surface area (Å²) in [4.78, 5) is 24.9. The summed E-state index contributed by atoms with van der Waals surface area (Å²) in [6.07, 6.45) is 2.32. The number of benzene rings is 1. The molecule has 1 atom stereocenters. The first kappa shape index (κ1) is 15.2. The number of piperidine rings is 1. The Morgan fingerprint density at radius 3 is 2.90 bits per heavy atom. The zero-order valence-electron chi connectivity index (χ0n) is 12.0. The Bertz CT molecular complexity index is 518. The van der Waals surface area contributed by atoms with Gasteiger partial charge in [-0.1, -0.05) is 12.1 Å². The third-order valence-electron chi connectivity index (χ3n) is 3.74. The number of hydrogen-bond acceptors (Lipinski definition) is 3. The summed E-state index contributed by atoms with van der Waals surface area (Å²) in [6.45, 7) is 1.97. The molecule has 1 unspecified atom stereocenters. The maximum Gasteiger partial charge on any atom is 0.312 e. The van der Waals surface area contributed by atoms with Crippen molar-refractivity contribution >= 4 is 17.6 Å². The average molecular weight is 290 g/mol. The fraction of sp³-hybridized carbons (Fsp3) is 0.467. The minimum Gasteiger partial charge on any atom is -0.399 e. The van der Waals surface area contributed by atoms with E-state index in [0.717, 1.165) is 24.9 Å². The molecule has 1 fully saturated rings. The summed E-state index contributed by atoms with van der Waals surface area (Å²) in [5, 5.41) is 2.62. The molecule has 1 aliphatic heterocycles. The fourth-order valence-electron chi connectivity index (χ4n) is 2.69. The molecular formula is C15H22N4O2. The lowest BCUT2D eigenvalue weighted by atomic mass is 9.97. The molecule has 1 heterocycles. The number of rotatable bonds is 4. The van der Waals surface area contributed by atoms with Crippen LogP contribution < -0.4 is 16.8 Å². The molecule has 1 aromatic carbocycles. The molecule has 1 aliphatic rings. The number of likely N-dealkylation sites (tertiary alicyclic amines) is 1.